The molecular weight excluding hydrogens is 260 g/mol. The van der Waals surface area contributed by atoms with Gasteiger partial charge >= 0.3 is 0 Å². The molecule has 0 saturated heterocycles. The molecule has 0 unspecified atom stereocenters. The van der Waals surface area contributed by atoms with Crippen molar-refractivity contribution in [1.82, 2.24) is 4.90 Å². The molecule has 0 aliphatic heterocycles. The molecule has 2 aromatic rings. The van der Waals surface area contributed by atoms with Crippen molar-refractivity contribution in [3.63, 3.8) is 0 Å². The minimum Gasteiger partial charge on any atom is -0.339 e. The molecule has 3 heteroatoms. The van der Waals surface area contributed by atoms with Gasteiger partial charge in [0.1, 0.15) is 0 Å². The number of amides is 1. The van der Waals surface area contributed by atoms with Crippen LogP contribution in [0.4, 0.5) is 0 Å². The summed E-state index contributed by atoms with van der Waals surface area (Å²) in [6, 6.07) is 18.7. The molecule has 21 heavy (non-hydrogen) atoms. The fourth-order valence-electron chi connectivity index (χ4n) is 2.32. The molecule has 1 amide bonds. The van der Waals surface area contributed by atoms with Gasteiger partial charge in [-0.2, -0.15) is 0 Å². The highest BCUT2D eigenvalue weighted by atomic mass is 16.2. The molecule has 3 nitrogen and oxygen atoms in total. The molecule has 2 aromatic carbocycles. The highest BCUT2D eigenvalue weighted by Gasteiger charge is 2.16. The highest BCUT2D eigenvalue weighted by molar-refractivity contribution is 5.76. The summed E-state index contributed by atoms with van der Waals surface area (Å²) in [5.74, 6) is 0.0807. The number of rotatable bonds is 5. The fraction of sp³-hybridized carbons (Fsp3) is 0.278. The van der Waals surface area contributed by atoms with E-state index in [1.165, 1.54) is 11.1 Å². The van der Waals surface area contributed by atoms with Crippen LogP contribution in [0.2, 0.25) is 0 Å². The first-order chi connectivity index (χ1) is 10.1. The van der Waals surface area contributed by atoms with Crippen molar-refractivity contribution in [2.45, 2.75) is 19.4 Å². The maximum atomic E-state index is 11.9. The van der Waals surface area contributed by atoms with Gasteiger partial charge in [-0.3, -0.25) is 4.79 Å². The summed E-state index contributed by atoms with van der Waals surface area (Å²) >= 11 is 0. The minimum atomic E-state index is 0.0499. The van der Waals surface area contributed by atoms with Gasteiger partial charge in [0.15, 0.2) is 0 Å². The molecule has 2 N–H and O–H groups in total. The number of benzene rings is 2. The van der Waals surface area contributed by atoms with Crippen molar-refractivity contribution in [2.24, 2.45) is 5.73 Å². The molecule has 0 bridgehead atoms. The molecule has 110 valence electrons. The summed E-state index contributed by atoms with van der Waals surface area (Å²) in [4.78, 5) is 13.6. The van der Waals surface area contributed by atoms with Crippen LogP contribution in [0, 0.1) is 0 Å². The van der Waals surface area contributed by atoms with E-state index in [9.17, 15) is 4.79 Å². The molecule has 0 saturated carbocycles. The van der Waals surface area contributed by atoms with E-state index in [2.05, 4.69) is 36.4 Å². The first-order valence-corrected chi connectivity index (χ1v) is 7.24. The van der Waals surface area contributed by atoms with E-state index in [1.807, 2.05) is 32.2 Å². The summed E-state index contributed by atoms with van der Waals surface area (Å²) in [5, 5.41) is 0. The van der Waals surface area contributed by atoms with Crippen LogP contribution >= 0.6 is 0 Å². The summed E-state index contributed by atoms with van der Waals surface area (Å²) < 4.78 is 0. The first kappa shape index (κ1) is 15.3. The third-order valence-corrected chi connectivity index (χ3v) is 3.83. The Hall–Kier alpha value is -2.13. The Kier molecular flexibility index (Phi) is 5.12. The van der Waals surface area contributed by atoms with E-state index >= 15 is 0 Å². The van der Waals surface area contributed by atoms with E-state index in [-0.39, 0.29) is 11.9 Å². The lowest BCUT2D eigenvalue weighted by molar-refractivity contribution is -0.131. The van der Waals surface area contributed by atoms with Gasteiger partial charge in [-0.25, -0.2) is 0 Å². The van der Waals surface area contributed by atoms with Gasteiger partial charge in [0, 0.05) is 20.0 Å². The van der Waals surface area contributed by atoms with Gasteiger partial charge in [0.05, 0.1) is 6.04 Å². The zero-order valence-electron chi connectivity index (χ0n) is 12.6. The third-order valence-electron chi connectivity index (χ3n) is 3.83. The molecule has 0 heterocycles. The number of hydrogen-bond donors (Lipinski definition) is 1. The largest absolute Gasteiger partial charge is 0.339 e. The van der Waals surface area contributed by atoms with Gasteiger partial charge in [0.2, 0.25) is 5.91 Å². The first-order valence-electron chi connectivity index (χ1n) is 7.24. The van der Waals surface area contributed by atoms with Crippen LogP contribution < -0.4 is 5.73 Å². The van der Waals surface area contributed by atoms with E-state index in [0.29, 0.717) is 13.0 Å². The number of carbonyl (C=O) groups excluding carboxylic acids is 1. The van der Waals surface area contributed by atoms with Crippen LogP contribution in [0.15, 0.2) is 54.6 Å². The average Bonchev–Trinajstić information content (AvgIpc) is 2.54. The number of hydrogen-bond acceptors (Lipinski definition) is 2. The Labute approximate surface area is 126 Å². The van der Waals surface area contributed by atoms with Crippen molar-refractivity contribution >= 4 is 5.91 Å². The number of nitrogens with zero attached hydrogens (tertiary/aromatic N) is 1. The lowest BCUT2D eigenvalue weighted by atomic mass is 10.0. The maximum absolute atomic E-state index is 11.9. The van der Waals surface area contributed by atoms with Gasteiger partial charge in [-0.15, -0.1) is 0 Å². The normalized spacial score (nSPS) is 12.0. The molecule has 2 rings (SSSR count). The molecule has 0 aliphatic carbocycles. The SMILES string of the molecule is C[C@H](c1ccc(-c2ccccc2)cc1)N(C)C(=O)CCN. The van der Waals surface area contributed by atoms with Crippen molar-refractivity contribution in [1.29, 1.82) is 0 Å². The van der Waals surface area contributed by atoms with Crippen molar-refractivity contribution < 1.29 is 4.79 Å². The van der Waals surface area contributed by atoms with Crippen LogP contribution in [0.1, 0.15) is 24.9 Å². The predicted molar refractivity (Wildman–Crippen MR) is 86.7 cm³/mol. The lowest BCUT2D eigenvalue weighted by Gasteiger charge is -2.25. The van der Waals surface area contributed by atoms with E-state index in [0.717, 1.165) is 5.56 Å². The van der Waals surface area contributed by atoms with E-state index in [1.54, 1.807) is 4.90 Å². The predicted octanol–water partition coefficient (Wildman–Crippen LogP) is 3.22. The Morgan fingerprint density at radius 3 is 2.19 bits per heavy atom. The van der Waals surface area contributed by atoms with Crippen molar-refractivity contribution in [3.8, 4) is 11.1 Å². The standard InChI is InChI=1S/C18H22N2O/c1-14(20(2)18(21)12-13-19)15-8-10-17(11-9-15)16-6-4-3-5-7-16/h3-11,14H,12-13,19H2,1-2H3/t14-/m1/s1. The number of carbonyl (C=O) groups is 1. The maximum Gasteiger partial charge on any atom is 0.224 e. The fourth-order valence-corrected chi connectivity index (χ4v) is 2.32. The molecule has 0 radical (unpaired) electrons. The second-order valence-electron chi connectivity index (χ2n) is 5.21. The average molecular weight is 282 g/mol. The summed E-state index contributed by atoms with van der Waals surface area (Å²) in [7, 11) is 1.83. The van der Waals surface area contributed by atoms with Gasteiger partial charge in [0.25, 0.3) is 0 Å². The zero-order chi connectivity index (χ0) is 15.2. The van der Waals surface area contributed by atoms with E-state index in [4.69, 9.17) is 5.73 Å². The molecule has 0 aromatic heterocycles. The summed E-state index contributed by atoms with van der Waals surface area (Å²) in [6.45, 7) is 2.43. The van der Waals surface area contributed by atoms with Gasteiger partial charge in [-0.1, -0.05) is 54.6 Å². The Morgan fingerprint density at radius 1 is 1.05 bits per heavy atom. The highest BCUT2D eigenvalue weighted by Crippen LogP contribution is 2.24. The monoisotopic (exact) mass is 282 g/mol. The van der Waals surface area contributed by atoms with Crippen LogP contribution in [0.5, 0.6) is 0 Å². The van der Waals surface area contributed by atoms with Crippen molar-refractivity contribution in [3.05, 3.63) is 60.2 Å². The Balaban J connectivity index is 2.13. The van der Waals surface area contributed by atoms with Gasteiger partial charge < -0.3 is 10.6 Å². The Bertz CT molecular complexity index is 578. The third kappa shape index (κ3) is 3.70. The number of nitrogens with two attached hydrogens (primary N) is 1. The molecule has 0 aliphatic rings. The minimum absolute atomic E-state index is 0.0499. The summed E-state index contributed by atoms with van der Waals surface area (Å²) in [5.41, 5.74) is 8.95. The molecular formula is C18H22N2O. The second kappa shape index (κ2) is 7.04. The molecule has 0 fully saturated rings. The van der Waals surface area contributed by atoms with E-state index < -0.39 is 0 Å². The lowest BCUT2D eigenvalue weighted by Crippen LogP contribution is -2.31. The molecule has 1 atom stereocenters. The summed E-state index contributed by atoms with van der Waals surface area (Å²) in [6.07, 6.45) is 0.392. The van der Waals surface area contributed by atoms with Crippen LogP contribution in [-0.4, -0.2) is 24.4 Å². The van der Waals surface area contributed by atoms with Crippen LogP contribution in [-0.2, 0) is 4.79 Å². The second-order valence-corrected chi connectivity index (χ2v) is 5.21. The molecule has 0 spiro atoms. The Morgan fingerprint density at radius 2 is 1.62 bits per heavy atom. The van der Waals surface area contributed by atoms with Crippen LogP contribution in [0.3, 0.4) is 0 Å². The van der Waals surface area contributed by atoms with Crippen LogP contribution in [0.25, 0.3) is 11.1 Å². The quantitative estimate of drug-likeness (QED) is 0.915. The smallest absolute Gasteiger partial charge is 0.224 e. The zero-order valence-corrected chi connectivity index (χ0v) is 12.6. The topological polar surface area (TPSA) is 46.3 Å². The van der Waals surface area contributed by atoms with Gasteiger partial charge in [-0.05, 0) is 23.6 Å². The van der Waals surface area contributed by atoms with Crippen molar-refractivity contribution in [2.75, 3.05) is 13.6 Å².